The molecule has 0 aromatic heterocycles. The molecule has 0 saturated carbocycles. The van der Waals surface area contributed by atoms with Crippen molar-refractivity contribution in [1.29, 1.82) is 0 Å². The Bertz CT molecular complexity index is 224. The van der Waals surface area contributed by atoms with Crippen molar-refractivity contribution in [1.82, 2.24) is 0 Å². The van der Waals surface area contributed by atoms with E-state index >= 15 is 0 Å². The largest absolute Gasteiger partial charge is 0.352 e. The van der Waals surface area contributed by atoms with Crippen molar-refractivity contribution in [3.63, 3.8) is 0 Å². The third kappa shape index (κ3) is 3.31. The van der Waals surface area contributed by atoms with Gasteiger partial charge in [-0.25, -0.2) is 0 Å². The lowest BCUT2D eigenvalue weighted by atomic mass is 10.1. The van der Waals surface area contributed by atoms with Gasteiger partial charge in [-0.15, -0.1) is 0 Å². The summed E-state index contributed by atoms with van der Waals surface area (Å²) < 4.78 is 11.9. The molecule has 1 rings (SSSR count). The summed E-state index contributed by atoms with van der Waals surface area (Å²) in [4.78, 5) is 0.221. The molecule has 1 heterocycles. The van der Waals surface area contributed by atoms with Gasteiger partial charge in [-0.3, -0.25) is 0 Å². The lowest BCUT2D eigenvalue weighted by Crippen LogP contribution is -2.45. The molecule has 0 bridgehead atoms. The van der Waals surface area contributed by atoms with Crippen molar-refractivity contribution >= 4 is 15.9 Å². The molecule has 1 aliphatic heterocycles. The molecule has 3 heteroatoms. The minimum atomic E-state index is -0.477. The minimum Gasteiger partial charge on any atom is -0.352 e. The summed E-state index contributed by atoms with van der Waals surface area (Å²) in [5.41, 5.74) is 0. The van der Waals surface area contributed by atoms with Crippen LogP contribution in [-0.4, -0.2) is 23.8 Å². The third-order valence-electron chi connectivity index (χ3n) is 3.30. The predicted octanol–water partition coefficient (Wildman–Crippen LogP) is 4.04. The Morgan fingerprint density at radius 3 is 2.75 bits per heavy atom. The first-order valence-electron chi connectivity index (χ1n) is 6.20. The smallest absolute Gasteiger partial charge is 0.180 e. The standard InChI is InChI=1S/C13H23BrO2/c1-4-11-9-7-6-8-10-12(14)13(5-2,15-3)16-11/h6,8,11-12H,4-5,7,9-10H2,1-3H3/b8-6-/t11-,12-,13+/m0/s1. The average molecular weight is 291 g/mol. The lowest BCUT2D eigenvalue weighted by Gasteiger charge is -2.38. The van der Waals surface area contributed by atoms with E-state index in [1.54, 1.807) is 7.11 Å². The molecule has 0 fully saturated rings. The maximum Gasteiger partial charge on any atom is 0.180 e. The van der Waals surface area contributed by atoms with Gasteiger partial charge >= 0.3 is 0 Å². The molecule has 0 amide bonds. The molecule has 94 valence electrons. The van der Waals surface area contributed by atoms with E-state index in [1.807, 2.05) is 0 Å². The highest BCUT2D eigenvalue weighted by molar-refractivity contribution is 9.09. The van der Waals surface area contributed by atoms with Crippen molar-refractivity contribution < 1.29 is 9.47 Å². The summed E-state index contributed by atoms with van der Waals surface area (Å²) in [6.45, 7) is 4.29. The Morgan fingerprint density at radius 2 is 2.19 bits per heavy atom. The van der Waals surface area contributed by atoms with Gasteiger partial charge in [-0.05, 0) is 32.1 Å². The Morgan fingerprint density at radius 1 is 1.44 bits per heavy atom. The van der Waals surface area contributed by atoms with Crippen LogP contribution in [0.4, 0.5) is 0 Å². The molecule has 0 radical (unpaired) electrons. The summed E-state index contributed by atoms with van der Waals surface area (Å²) in [5, 5.41) is 0. The van der Waals surface area contributed by atoms with Crippen molar-refractivity contribution in [2.75, 3.05) is 7.11 Å². The van der Waals surface area contributed by atoms with E-state index in [2.05, 4.69) is 41.9 Å². The van der Waals surface area contributed by atoms with Gasteiger partial charge in [0.2, 0.25) is 0 Å². The van der Waals surface area contributed by atoms with Gasteiger partial charge in [0.05, 0.1) is 10.9 Å². The summed E-state index contributed by atoms with van der Waals surface area (Å²) >= 11 is 3.71. The summed E-state index contributed by atoms with van der Waals surface area (Å²) in [7, 11) is 1.74. The molecule has 2 nitrogen and oxygen atoms in total. The first-order valence-corrected chi connectivity index (χ1v) is 7.12. The second kappa shape index (κ2) is 6.77. The fraction of sp³-hybridized carbons (Fsp3) is 0.846. The summed E-state index contributed by atoms with van der Waals surface area (Å²) in [5.74, 6) is -0.477. The number of methoxy groups -OCH3 is 1. The van der Waals surface area contributed by atoms with Gasteiger partial charge in [-0.1, -0.05) is 41.9 Å². The first kappa shape index (κ1) is 14.2. The van der Waals surface area contributed by atoms with E-state index in [0.717, 1.165) is 32.1 Å². The Hall–Kier alpha value is 0.140. The van der Waals surface area contributed by atoms with E-state index in [-0.39, 0.29) is 4.83 Å². The van der Waals surface area contributed by atoms with Crippen LogP contribution in [-0.2, 0) is 9.47 Å². The zero-order valence-electron chi connectivity index (χ0n) is 10.5. The monoisotopic (exact) mass is 290 g/mol. The minimum absolute atomic E-state index is 0.221. The van der Waals surface area contributed by atoms with Crippen LogP contribution in [0.25, 0.3) is 0 Å². The van der Waals surface area contributed by atoms with Crippen LogP contribution >= 0.6 is 15.9 Å². The van der Waals surface area contributed by atoms with Crippen LogP contribution in [0.15, 0.2) is 12.2 Å². The van der Waals surface area contributed by atoms with Gasteiger partial charge in [0.25, 0.3) is 0 Å². The van der Waals surface area contributed by atoms with Gasteiger partial charge in [0.1, 0.15) is 0 Å². The number of alkyl halides is 1. The topological polar surface area (TPSA) is 18.5 Å². The number of rotatable bonds is 3. The Kier molecular flexibility index (Phi) is 6.01. The van der Waals surface area contributed by atoms with E-state index < -0.39 is 5.79 Å². The van der Waals surface area contributed by atoms with E-state index in [1.165, 1.54) is 0 Å². The van der Waals surface area contributed by atoms with Crippen LogP contribution in [0.3, 0.4) is 0 Å². The molecule has 3 atom stereocenters. The quantitative estimate of drug-likeness (QED) is 0.577. The fourth-order valence-electron chi connectivity index (χ4n) is 2.12. The molecule has 0 N–H and O–H groups in total. The maximum atomic E-state index is 6.21. The third-order valence-corrected chi connectivity index (χ3v) is 4.37. The van der Waals surface area contributed by atoms with Crippen molar-refractivity contribution in [2.24, 2.45) is 0 Å². The normalized spacial score (nSPS) is 38.5. The molecule has 0 spiro atoms. The van der Waals surface area contributed by atoms with E-state index in [4.69, 9.17) is 9.47 Å². The van der Waals surface area contributed by atoms with E-state index in [9.17, 15) is 0 Å². The maximum absolute atomic E-state index is 6.21. The zero-order valence-corrected chi connectivity index (χ0v) is 12.1. The summed E-state index contributed by atoms with van der Waals surface area (Å²) in [6, 6.07) is 0. The van der Waals surface area contributed by atoms with E-state index in [0.29, 0.717) is 6.10 Å². The fourth-order valence-corrected chi connectivity index (χ4v) is 2.96. The van der Waals surface area contributed by atoms with Gasteiger partial charge in [0.15, 0.2) is 5.79 Å². The van der Waals surface area contributed by atoms with Gasteiger partial charge in [0, 0.05) is 7.11 Å². The van der Waals surface area contributed by atoms with Crippen LogP contribution in [0.2, 0.25) is 0 Å². The molecule has 0 saturated heterocycles. The van der Waals surface area contributed by atoms with Crippen LogP contribution in [0.5, 0.6) is 0 Å². The van der Waals surface area contributed by atoms with Gasteiger partial charge in [-0.2, -0.15) is 0 Å². The molecule has 1 aliphatic rings. The zero-order chi connectivity index (χ0) is 12.0. The van der Waals surface area contributed by atoms with Crippen molar-refractivity contribution in [3.05, 3.63) is 12.2 Å². The van der Waals surface area contributed by atoms with Gasteiger partial charge < -0.3 is 9.47 Å². The first-order chi connectivity index (χ1) is 7.68. The second-order valence-electron chi connectivity index (χ2n) is 4.27. The number of allylic oxidation sites excluding steroid dienone is 2. The summed E-state index contributed by atoms with van der Waals surface area (Å²) in [6.07, 6.45) is 9.81. The average Bonchev–Trinajstić information content (AvgIpc) is 2.39. The van der Waals surface area contributed by atoms with Crippen molar-refractivity contribution in [2.45, 2.75) is 62.7 Å². The molecule has 16 heavy (non-hydrogen) atoms. The van der Waals surface area contributed by atoms with Crippen LogP contribution in [0.1, 0.15) is 46.0 Å². The number of ether oxygens (including phenoxy) is 2. The number of hydrogen-bond acceptors (Lipinski definition) is 2. The molecule has 0 aliphatic carbocycles. The molecular formula is C13H23BrO2. The number of halogens is 1. The van der Waals surface area contributed by atoms with Crippen LogP contribution < -0.4 is 0 Å². The van der Waals surface area contributed by atoms with Crippen molar-refractivity contribution in [3.8, 4) is 0 Å². The highest BCUT2D eigenvalue weighted by atomic mass is 79.9. The Balaban J connectivity index is 2.85. The highest BCUT2D eigenvalue weighted by Gasteiger charge is 2.38. The van der Waals surface area contributed by atoms with Crippen LogP contribution in [0, 0.1) is 0 Å². The second-order valence-corrected chi connectivity index (χ2v) is 5.37. The number of hydrogen-bond donors (Lipinski definition) is 0. The molecular weight excluding hydrogens is 268 g/mol. The molecule has 0 unspecified atom stereocenters. The highest BCUT2D eigenvalue weighted by Crippen LogP contribution is 2.33. The Labute approximate surface area is 108 Å². The lowest BCUT2D eigenvalue weighted by molar-refractivity contribution is -0.247. The predicted molar refractivity (Wildman–Crippen MR) is 70.9 cm³/mol. The molecule has 0 aromatic carbocycles. The molecule has 0 aromatic rings. The SMILES string of the molecule is CC[C@H]1CC/C=C\C[C@H](Br)[C@](CC)(OC)O1.